The van der Waals surface area contributed by atoms with Gasteiger partial charge in [-0.3, -0.25) is 0 Å². The highest BCUT2D eigenvalue weighted by atomic mass is 35.5. The van der Waals surface area contributed by atoms with Crippen LogP contribution < -0.4 is 9.46 Å². The first kappa shape index (κ1) is 23.5. The number of sulfonamides is 1. The molecule has 13 heteroatoms. The number of pyridine rings is 1. The Morgan fingerprint density at radius 1 is 1.12 bits per heavy atom. The molecule has 1 N–H and O–H groups in total. The number of nitrogens with one attached hydrogen (secondary N) is 1. The van der Waals surface area contributed by atoms with Crippen molar-refractivity contribution in [1.82, 2.24) is 24.5 Å². The Balaban J connectivity index is 1.42. The molecule has 2 heterocycles. The molecule has 0 bridgehead atoms. The lowest BCUT2D eigenvalue weighted by atomic mass is 9.91. The number of benzene rings is 1. The molecule has 0 saturated heterocycles. The summed E-state index contributed by atoms with van der Waals surface area (Å²) in [6.45, 7) is 0. The molecule has 1 aromatic carbocycles. The third-order valence-electron chi connectivity index (χ3n) is 5.31. The van der Waals surface area contributed by atoms with E-state index in [9.17, 15) is 21.6 Å². The predicted molar refractivity (Wildman–Crippen MR) is 112 cm³/mol. The van der Waals surface area contributed by atoms with Gasteiger partial charge in [0.1, 0.15) is 23.4 Å². The van der Waals surface area contributed by atoms with E-state index >= 15 is 0 Å². The molecular formula is C20H19ClF3N5O3S. The molecule has 0 amide bonds. The summed E-state index contributed by atoms with van der Waals surface area (Å²) in [7, 11) is -3.78. The highest BCUT2D eigenvalue weighted by molar-refractivity contribution is 7.89. The second kappa shape index (κ2) is 9.27. The molecule has 1 fully saturated rings. The number of aromatic nitrogens is 4. The Morgan fingerprint density at radius 3 is 2.45 bits per heavy atom. The van der Waals surface area contributed by atoms with Gasteiger partial charge in [-0.25, -0.2) is 18.1 Å². The standard InChI is InChI=1S/C20H19ClF3N5O3S/c21-18-8-13(20(22,23)24)10-25-19(18)32-16-4-6-17(7-5-16)33(30,31)28-14-2-1-3-15(9-14)29-11-26-27-12-29/h4-8,10-12,14-15,28H,1-3,9H2. The molecule has 8 nitrogen and oxygen atoms in total. The molecular weight excluding hydrogens is 483 g/mol. The van der Waals surface area contributed by atoms with Crippen LogP contribution in [-0.4, -0.2) is 34.2 Å². The zero-order valence-electron chi connectivity index (χ0n) is 17.0. The monoisotopic (exact) mass is 501 g/mol. The predicted octanol–water partition coefficient (Wildman–Crippen LogP) is 4.60. The van der Waals surface area contributed by atoms with Gasteiger partial charge >= 0.3 is 6.18 Å². The minimum absolute atomic E-state index is 0.0350. The van der Waals surface area contributed by atoms with Gasteiger partial charge in [-0.05, 0) is 56.0 Å². The van der Waals surface area contributed by atoms with Crippen molar-refractivity contribution in [2.75, 3.05) is 0 Å². The molecule has 2 unspecified atom stereocenters. The summed E-state index contributed by atoms with van der Waals surface area (Å²) < 4.78 is 73.9. The van der Waals surface area contributed by atoms with E-state index in [4.69, 9.17) is 16.3 Å². The minimum atomic E-state index is -4.58. The van der Waals surface area contributed by atoms with E-state index in [1.165, 1.54) is 24.3 Å². The molecule has 2 atom stereocenters. The van der Waals surface area contributed by atoms with Gasteiger partial charge in [-0.1, -0.05) is 11.6 Å². The number of halogens is 4. The average molecular weight is 502 g/mol. The van der Waals surface area contributed by atoms with E-state index in [0.29, 0.717) is 18.7 Å². The van der Waals surface area contributed by atoms with Gasteiger partial charge in [0.05, 0.1) is 10.5 Å². The Morgan fingerprint density at radius 2 is 1.82 bits per heavy atom. The maximum Gasteiger partial charge on any atom is 0.417 e. The van der Waals surface area contributed by atoms with E-state index in [0.717, 1.165) is 19.3 Å². The van der Waals surface area contributed by atoms with Gasteiger partial charge in [-0.2, -0.15) is 13.2 Å². The lowest BCUT2D eigenvalue weighted by Gasteiger charge is -2.30. The van der Waals surface area contributed by atoms with Crippen molar-refractivity contribution in [1.29, 1.82) is 0 Å². The molecule has 176 valence electrons. The first-order chi connectivity index (χ1) is 15.6. The topological polar surface area (TPSA) is 99.0 Å². The summed E-state index contributed by atoms with van der Waals surface area (Å²) in [6.07, 6.45) is 2.41. The van der Waals surface area contributed by atoms with Gasteiger partial charge in [0.25, 0.3) is 0 Å². The van der Waals surface area contributed by atoms with Crippen LogP contribution in [0, 0.1) is 0 Å². The van der Waals surface area contributed by atoms with Crippen LogP contribution >= 0.6 is 11.6 Å². The summed E-state index contributed by atoms with van der Waals surface area (Å²) in [5, 5.41) is 7.29. The molecule has 0 spiro atoms. The average Bonchev–Trinajstić information content (AvgIpc) is 3.30. The number of rotatable bonds is 6. The van der Waals surface area contributed by atoms with Crippen molar-refractivity contribution in [2.24, 2.45) is 0 Å². The second-order valence-corrected chi connectivity index (χ2v) is 9.75. The zero-order chi connectivity index (χ0) is 23.6. The van der Waals surface area contributed by atoms with Crippen LogP contribution in [0.5, 0.6) is 11.6 Å². The summed E-state index contributed by atoms with van der Waals surface area (Å²) in [5.74, 6) is -0.0471. The van der Waals surface area contributed by atoms with E-state index in [2.05, 4.69) is 19.9 Å². The molecule has 3 aromatic rings. The van der Waals surface area contributed by atoms with E-state index < -0.39 is 21.8 Å². The van der Waals surface area contributed by atoms with Crippen LogP contribution in [0.25, 0.3) is 0 Å². The van der Waals surface area contributed by atoms with Crippen molar-refractivity contribution in [2.45, 2.75) is 48.8 Å². The van der Waals surface area contributed by atoms with Crippen molar-refractivity contribution >= 4 is 21.6 Å². The Bertz CT molecular complexity index is 1200. The quantitative estimate of drug-likeness (QED) is 0.530. The van der Waals surface area contributed by atoms with Gasteiger partial charge in [0.2, 0.25) is 15.9 Å². The first-order valence-electron chi connectivity index (χ1n) is 9.99. The Hall–Kier alpha value is -2.70. The number of nitrogens with zero attached hydrogens (tertiary/aromatic N) is 4. The van der Waals surface area contributed by atoms with Crippen molar-refractivity contribution in [3.63, 3.8) is 0 Å². The number of hydrogen-bond acceptors (Lipinski definition) is 6. The molecule has 1 saturated carbocycles. The fourth-order valence-electron chi connectivity index (χ4n) is 3.68. The molecule has 4 rings (SSSR count). The largest absolute Gasteiger partial charge is 0.438 e. The summed E-state index contributed by atoms with van der Waals surface area (Å²) >= 11 is 5.84. The van der Waals surface area contributed by atoms with Crippen molar-refractivity contribution in [3.8, 4) is 11.6 Å². The number of hydrogen-bond donors (Lipinski definition) is 1. The smallest absolute Gasteiger partial charge is 0.417 e. The van der Waals surface area contributed by atoms with Crippen LogP contribution in [0.15, 0.2) is 54.1 Å². The molecule has 0 aliphatic heterocycles. The number of alkyl halides is 3. The SMILES string of the molecule is O=S(=O)(NC1CCCC(n2cnnc2)C1)c1ccc(Oc2ncc(C(F)(F)F)cc2Cl)cc1. The Kier molecular flexibility index (Phi) is 6.59. The van der Waals surface area contributed by atoms with Crippen LogP contribution in [0.2, 0.25) is 5.02 Å². The van der Waals surface area contributed by atoms with E-state index in [-0.39, 0.29) is 33.6 Å². The molecule has 1 aliphatic rings. The van der Waals surface area contributed by atoms with E-state index in [1.807, 2.05) is 4.57 Å². The number of ether oxygens (including phenoxy) is 1. The van der Waals surface area contributed by atoms with Crippen molar-refractivity contribution < 1.29 is 26.3 Å². The Labute approximate surface area is 192 Å². The van der Waals surface area contributed by atoms with Crippen LogP contribution in [0.1, 0.15) is 37.3 Å². The maximum absolute atomic E-state index is 12.8. The fourth-order valence-corrected chi connectivity index (χ4v) is 5.17. The lowest BCUT2D eigenvalue weighted by molar-refractivity contribution is -0.137. The lowest BCUT2D eigenvalue weighted by Crippen LogP contribution is -2.38. The third kappa shape index (κ3) is 5.63. The second-order valence-electron chi connectivity index (χ2n) is 7.63. The summed E-state index contributed by atoms with van der Waals surface area (Å²) in [5.41, 5.74) is -0.999. The van der Waals surface area contributed by atoms with Crippen molar-refractivity contribution in [3.05, 3.63) is 59.8 Å². The molecule has 33 heavy (non-hydrogen) atoms. The van der Waals surface area contributed by atoms with E-state index in [1.54, 1.807) is 12.7 Å². The molecule has 0 radical (unpaired) electrons. The van der Waals surface area contributed by atoms with Gasteiger partial charge < -0.3 is 9.30 Å². The van der Waals surface area contributed by atoms with Crippen LogP contribution in [-0.2, 0) is 16.2 Å². The highest BCUT2D eigenvalue weighted by Crippen LogP contribution is 2.35. The van der Waals surface area contributed by atoms with Gasteiger partial charge in [0, 0.05) is 18.3 Å². The van der Waals surface area contributed by atoms with Crippen LogP contribution in [0.3, 0.4) is 0 Å². The minimum Gasteiger partial charge on any atom is -0.438 e. The summed E-state index contributed by atoms with van der Waals surface area (Å²) in [4.78, 5) is 3.64. The molecule has 1 aliphatic carbocycles. The zero-order valence-corrected chi connectivity index (χ0v) is 18.6. The fraction of sp³-hybridized carbons (Fsp3) is 0.350. The normalized spacial score (nSPS) is 19.4. The first-order valence-corrected chi connectivity index (χ1v) is 11.8. The third-order valence-corrected chi connectivity index (χ3v) is 7.12. The highest BCUT2D eigenvalue weighted by Gasteiger charge is 2.32. The molecule has 2 aromatic heterocycles. The van der Waals surface area contributed by atoms with Gasteiger partial charge in [0.15, 0.2) is 0 Å². The maximum atomic E-state index is 12.8. The van der Waals surface area contributed by atoms with Gasteiger partial charge in [-0.15, -0.1) is 10.2 Å². The van der Waals surface area contributed by atoms with Crippen LogP contribution in [0.4, 0.5) is 13.2 Å². The summed E-state index contributed by atoms with van der Waals surface area (Å²) in [6, 6.07) is 6.05.